The summed E-state index contributed by atoms with van der Waals surface area (Å²) in [5.41, 5.74) is 1.36. The largest absolute Gasteiger partial charge is 0.481 e. The number of hydrogen-bond acceptors (Lipinski definition) is 1. The lowest BCUT2D eigenvalue weighted by Gasteiger charge is -2.26. The normalized spacial score (nSPS) is 24.5. The van der Waals surface area contributed by atoms with Gasteiger partial charge in [-0.2, -0.15) is 0 Å². The first-order valence-electron chi connectivity index (χ1n) is 5.55. The molecule has 88 valence electrons. The molecule has 3 heteroatoms. The summed E-state index contributed by atoms with van der Waals surface area (Å²) >= 11 is 0. The third-order valence-electron chi connectivity index (χ3n) is 3.35. The summed E-state index contributed by atoms with van der Waals surface area (Å²) in [5, 5.41) is 8.90. The number of carbonyl (C=O) groups is 1. The SMILES string of the molecule is Cl.O=C(O)C1CCC(c2ccccc2)CC1. The Kier molecular flexibility index (Phi) is 4.81. The minimum absolute atomic E-state index is 0. The van der Waals surface area contributed by atoms with E-state index in [0.717, 1.165) is 25.7 Å². The molecule has 0 unspecified atom stereocenters. The van der Waals surface area contributed by atoms with Crippen LogP contribution < -0.4 is 0 Å². The van der Waals surface area contributed by atoms with Crippen molar-refractivity contribution in [2.45, 2.75) is 31.6 Å². The molecular formula is C13H17ClO2. The second-order valence-electron chi connectivity index (χ2n) is 4.30. The Balaban J connectivity index is 0.00000128. The van der Waals surface area contributed by atoms with Crippen molar-refractivity contribution < 1.29 is 9.90 Å². The Labute approximate surface area is 102 Å². The number of aliphatic carboxylic acids is 1. The molecule has 0 spiro atoms. The summed E-state index contributed by atoms with van der Waals surface area (Å²) in [7, 11) is 0. The van der Waals surface area contributed by atoms with E-state index in [0.29, 0.717) is 5.92 Å². The molecule has 0 heterocycles. The molecule has 1 N–H and O–H groups in total. The van der Waals surface area contributed by atoms with Gasteiger partial charge in [-0.15, -0.1) is 12.4 Å². The monoisotopic (exact) mass is 240 g/mol. The number of rotatable bonds is 2. The predicted octanol–water partition coefficient (Wildman–Crippen LogP) is 3.47. The van der Waals surface area contributed by atoms with Crippen molar-refractivity contribution in [3.8, 4) is 0 Å². The number of halogens is 1. The number of carboxylic acids is 1. The van der Waals surface area contributed by atoms with Gasteiger partial charge in [0.05, 0.1) is 5.92 Å². The van der Waals surface area contributed by atoms with E-state index in [1.165, 1.54) is 5.56 Å². The second kappa shape index (κ2) is 5.90. The van der Waals surface area contributed by atoms with E-state index in [9.17, 15) is 4.79 Å². The maximum atomic E-state index is 10.8. The van der Waals surface area contributed by atoms with Crippen LogP contribution in [0.3, 0.4) is 0 Å². The summed E-state index contributed by atoms with van der Waals surface area (Å²) in [6.07, 6.45) is 3.69. The Hall–Kier alpha value is -1.02. The van der Waals surface area contributed by atoms with Gasteiger partial charge in [0, 0.05) is 0 Å². The Morgan fingerprint density at radius 2 is 1.62 bits per heavy atom. The quantitative estimate of drug-likeness (QED) is 0.860. The highest BCUT2D eigenvalue weighted by molar-refractivity contribution is 5.85. The first-order chi connectivity index (χ1) is 7.27. The van der Waals surface area contributed by atoms with Gasteiger partial charge < -0.3 is 5.11 Å². The van der Waals surface area contributed by atoms with Crippen LogP contribution in [0, 0.1) is 5.92 Å². The van der Waals surface area contributed by atoms with E-state index in [-0.39, 0.29) is 18.3 Å². The van der Waals surface area contributed by atoms with E-state index >= 15 is 0 Å². The molecule has 1 aliphatic rings. The zero-order valence-electron chi connectivity index (χ0n) is 9.13. The van der Waals surface area contributed by atoms with Crippen LogP contribution in [0.2, 0.25) is 0 Å². The minimum atomic E-state index is -0.624. The predicted molar refractivity (Wildman–Crippen MR) is 66.0 cm³/mol. The number of carboxylic acid groups (broad SMARTS) is 1. The van der Waals surface area contributed by atoms with Crippen LogP contribution in [0.25, 0.3) is 0 Å². The lowest BCUT2D eigenvalue weighted by Crippen LogP contribution is -2.20. The van der Waals surface area contributed by atoms with Gasteiger partial charge in [-0.05, 0) is 37.2 Å². The molecule has 2 rings (SSSR count). The van der Waals surface area contributed by atoms with Crippen molar-refractivity contribution >= 4 is 18.4 Å². The molecule has 0 atom stereocenters. The summed E-state index contributed by atoms with van der Waals surface area (Å²) in [4.78, 5) is 10.8. The van der Waals surface area contributed by atoms with Crippen molar-refractivity contribution in [1.82, 2.24) is 0 Å². The van der Waals surface area contributed by atoms with Crippen LogP contribution in [-0.2, 0) is 4.79 Å². The fourth-order valence-electron chi connectivity index (χ4n) is 2.40. The average molecular weight is 241 g/mol. The topological polar surface area (TPSA) is 37.3 Å². The van der Waals surface area contributed by atoms with Gasteiger partial charge in [0.2, 0.25) is 0 Å². The Morgan fingerprint density at radius 3 is 2.12 bits per heavy atom. The van der Waals surface area contributed by atoms with Gasteiger partial charge >= 0.3 is 5.97 Å². The zero-order valence-corrected chi connectivity index (χ0v) is 9.95. The summed E-state index contributed by atoms with van der Waals surface area (Å²) in [6.45, 7) is 0. The smallest absolute Gasteiger partial charge is 0.306 e. The fourth-order valence-corrected chi connectivity index (χ4v) is 2.40. The lowest BCUT2D eigenvalue weighted by molar-refractivity contribution is -0.142. The molecule has 1 saturated carbocycles. The van der Waals surface area contributed by atoms with E-state index in [1.54, 1.807) is 0 Å². The third kappa shape index (κ3) is 2.99. The van der Waals surface area contributed by atoms with Crippen molar-refractivity contribution in [2.75, 3.05) is 0 Å². The van der Waals surface area contributed by atoms with Crippen LogP contribution in [0.15, 0.2) is 30.3 Å². The number of hydrogen-bond donors (Lipinski definition) is 1. The van der Waals surface area contributed by atoms with Crippen LogP contribution >= 0.6 is 12.4 Å². The maximum Gasteiger partial charge on any atom is 0.306 e. The summed E-state index contributed by atoms with van der Waals surface area (Å²) in [5.74, 6) is -0.159. The van der Waals surface area contributed by atoms with Crippen molar-refractivity contribution in [2.24, 2.45) is 5.92 Å². The Bertz CT molecular complexity index is 329. The molecule has 0 amide bonds. The van der Waals surface area contributed by atoms with Gasteiger partial charge in [-0.1, -0.05) is 30.3 Å². The Morgan fingerprint density at radius 1 is 1.06 bits per heavy atom. The molecular weight excluding hydrogens is 224 g/mol. The molecule has 0 radical (unpaired) electrons. The maximum absolute atomic E-state index is 10.8. The third-order valence-corrected chi connectivity index (χ3v) is 3.35. The highest BCUT2D eigenvalue weighted by atomic mass is 35.5. The van der Waals surface area contributed by atoms with Crippen molar-refractivity contribution in [3.63, 3.8) is 0 Å². The molecule has 1 aliphatic carbocycles. The standard InChI is InChI=1S/C13H16O2.ClH/c14-13(15)12-8-6-11(7-9-12)10-4-2-1-3-5-10;/h1-5,11-12H,6-9H2,(H,14,15);1H. The lowest BCUT2D eigenvalue weighted by atomic mass is 9.79. The molecule has 16 heavy (non-hydrogen) atoms. The molecule has 1 fully saturated rings. The van der Waals surface area contributed by atoms with E-state index in [1.807, 2.05) is 6.07 Å². The highest BCUT2D eigenvalue weighted by Crippen LogP contribution is 2.35. The first-order valence-corrected chi connectivity index (χ1v) is 5.55. The molecule has 0 bridgehead atoms. The van der Waals surface area contributed by atoms with Gasteiger partial charge in [0.15, 0.2) is 0 Å². The van der Waals surface area contributed by atoms with Crippen molar-refractivity contribution in [3.05, 3.63) is 35.9 Å². The van der Waals surface area contributed by atoms with E-state index < -0.39 is 5.97 Å². The van der Waals surface area contributed by atoms with Crippen molar-refractivity contribution in [1.29, 1.82) is 0 Å². The van der Waals surface area contributed by atoms with Gasteiger partial charge in [0.25, 0.3) is 0 Å². The highest BCUT2D eigenvalue weighted by Gasteiger charge is 2.26. The molecule has 0 aliphatic heterocycles. The molecule has 0 aromatic heterocycles. The molecule has 2 nitrogen and oxygen atoms in total. The molecule has 1 aromatic rings. The van der Waals surface area contributed by atoms with Crippen LogP contribution in [-0.4, -0.2) is 11.1 Å². The van der Waals surface area contributed by atoms with Crippen LogP contribution in [0.4, 0.5) is 0 Å². The van der Waals surface area contributed by atoms with E-state index in [2.05, 4.69) is 24.3 Å². The molecule has 0 saturated heterocycles. The van der Waals surface area contributed by atoms with Gasteiger partial charge in [-0.3, -0.25) is 4.79 Å². The second-order valence-corrected chi connectivity index (χ2v) is 4.30. The molecule has 1 aromatic carbocycles. The van der Waals surface area contributed by atoms with Gasteiger partial charge in [0.1, 0.15) is 0 Å². The zero-order chi connectivity index (χ0) is 10.7. The summed E-state index contributed by atoms with van der Waals surface area (Å²) in [6, 6.07) is 10.4. The fraction of sp³-hybridized carbons (Fsp3) is 0.462. The van der Waals surface area contributed by atoms with Gasteiger partial charge in [-0.25, -0.2) is 0 Å². The average Bonchev–Trinajstić information content (AvgIpc) is 2.30. The first kappa shape index (κ1) is 13.0. The van der Waals surface area contributed by atoms with Crippen LogP contribution in [0.5, 0.6) is 0 Å². The van der Waals surface area contributed by atoms with Crippen LogP contribution in [0.1, 0.15) is 37.2 Å². The summed E-state index contributed by atoms with van der Waals surface area (Å²) < 4.78 is 0. The van der Waals surface area contributed by atoms with E-state index in [4.69, 9.17) is 5.11 Å². The minimum Gasteiger partial charge on any atom is -0.481 e. The number of benzene rings is 1.